The zero-order chi connectivity index (χ0) is 10.9. The number of piperazine rings is 1. The predicted molar refractivity (Wildman–Crippen MR) is 68.3 cm³/mol. The number of rotatable bonds is 2. The largest absolute Gasteiger partial charge is 0.308 e. The van der Waals surface area contributed by atoms with E-state index in [0.717, 1.165) is 17.6 Å². The summed E-state index contributed by atoms with van der Waals surface area (Å²) < 4.78 is 1.10. The quantitative estimate of drug-likeness (QED) is 0.831. The van der Waals surface area contributed by atoms with E-state index in [4.69, 9.17) is 0 Å². The molecule has 0 aromatic carbocycles. The van der Waals surface area contributed by atoms with E-state index in [9.17, 15) is 0 Å². The molecule has 1 atom stereocenters. The summed E-state index contributed by atoms with van der Waals surface area (Å²) in [4.78, 5) is 2.55. The molecule has 1 unspecified atom stereocenters. The van der Waals surface area contributed by atoms with Crippen LogP contribution in [0.4, 0.5) is 0 Å². The Morgan fingerprint density at radius 3 is 2.80 bits per heavy atom. The third kappa shape index (κ3) is 2.63. The van der Waals surface area contributed by atoms with Gasteiger partial charge in [0.05, 0.1) is 0 Å². The lowest BCUT2D eigenvalue weighted by Gasteiger charge is -2.45. The average Bonchev–Trinajstić information content (AvgIpc) is 2.60. The summed E-state index contributed by atoms with van der Waals surface area (Å²) in [6.07, 6.45) is 5.49. The normalized spacial score (nSPS) is 30.9. The van der Waals surface area contributed by atoms with Crippen molar-refractivity contribution in [1.29, 1.82) is 0 Å². The minimum Gasteiger partial charge on any atom is -0.308 e. The summed E-state index contributed by atoms with van der Waals surface area (Å²) in [5.41, 5.74) is 0.426. The van der Waals surface area contributed by atoms with Gasteiger partial charge in [0.2, 0.25) is 0 Å². The highest BCUT2D eigenvalue weighted by Crippen LogP contribution is 2.33. The molecule has 1 N–H and O–H groups in total. The van der Waals surface area contributed by atoms with Crippen molar-refractivity contribution < 1.29 is 0 Å². The molecule has 0 amide bonds. The molecule has 1 aliphatic heterocycles. The van der Waals surface area contributed by atoms with Crippen LogP contribution in [0.1, 0.15) is 32.6 Å². The zero-order valence-electron chi connectivity index (χ0n) is 9.56. The van der Waals surface area contributed by atoms with Crippen LogP contribution in [0.25, 0.3) is 0 Å². The molecule has 2 aliphatic rings. The van der Waals surface area contributed by atoms with E-state index >= 15 is 0 Å². The number of halogens is 1. The summed E-state index contributed by atoms with van der Waals surface area (Å²) in [6.45, 7) is 9.56. The van der Waals surface area contributed by atoms with E-state index in [-0.39, 0.29) is 0 Å². The van der Waals surface area contributed by atoms with Gasteiger partial charge in [0.25, 0.3) is 0 Å². The van der Waals surface area contributed by atoms with Gasteiger partial charge in [-0.1, -0.05) is 35.4 Å². The molecule has 0 aromatic rings. The van der Waals surface area contributed by atoms with Crippen LogP contribution in [0.5, 0.6) is 0 Å². The Bertz CT molecular complexity index is 246. The summed E-state index contributed by atoms with van der Waals surface area (Å²) in [5.74, 6) is 0. The van der Waals surface area contributed by atoms with E-state index in [1.54, 1.807) is 0 Å². The molecule has 0 bridgehead atoms. The van der Waals surface area contributed by atoms with Crippen LogP contribution in [0.15, 0.2) is 11.1 Å². The van der Waals surface area contributed by atoms with Crippen molar-refractivity contribution in [2.45, 2.75) is 44.2 Å². The molecule has 1 aliphatic carbocycles. The molecule has 86 valence electrons. The molecule has 2 nitrogen and oxygen atoms in total. The minimum atomic E-state index is 0.426. The molecule has 2 rings (SSSR count). The first-order valence-corrected chi connectivity index (χ1v) is 6.73. The smallest absolute Gasteiger partial charge is 0.0309 e. The molecule has 3 heteroatoms. The van der Waals surface area contributed by atoms with E-state index in [2.05, 4.69) is 39.6 Å². The van der Waals surface area contributed by atoms with E-state index in [1.807, 2.05) is 0 Å². The Hall–Kier alpha value is 0.140. The van der Waals surface area contributed by atoms with Crippen LogP contribution in [0.2, 0.25) is 0 Å². The summed E-state index contributed by atoms with van der Waals surface area (Å²) in [6, 6.07) is 0.630. The first kappa shape index (κ1) is 11.6. The van der Waals surface area contributed by atoms with Crippen LogP contribution in [-0.2, 0) is 0 Å². The molecule has 1 spiro atoms. The molecule has 15 heavy (non-hydrogen) atoms. The van der Waals surface area contributed by atoms with Crippen LogP contribution in [0.3, 0.4) is 0 Å². The lowest BCUT2D eigenvalue weighted by Crippen LogP contribution is -2.62. The predicted octanol–water partition coefficient (Wildman–Crippen LogP) is 2.50. The van der Waals surface area contributed by atoms with Gasteiger partial charge in [-0.15, -0.1) is 0 Å². The summed E-state index contributed by atoms with van der Waals surface area (Å²) in [5, 5.41) is 3.76. The highest BCUT2D eigenvalue weighted by molar-refractivity contribution is 9.11. The van der Waals surface area contributed by atoms with Crippen molar-refractivity contribution in [2.24, 2.45) is 0 Å². The van der Waals surface area contributed by atoms with E-state index in [1.165, 1.54) is 32.2 Å². The van der Waals surface area contributed by atoms with Crippen LogP contribution >= 0.6 is 15.9 Å². The minimum absolute atomic E-state index is 0.426. The van der Waals surface area contributed by atoms with Gasteiger partial charge >= 0.3 is 0 Å². The fourth-order valence-electron chi connectivity index (χ4n) is 2.91. The fraction of sp³-hybridized carbons (Fsp3) is 0.833. The standard InChI is InChI=1S/C12H21BrN2/c1-10(13)8-15-9-12(5-3-4-6-12)14-7-11(15)2/h11,14H,1,3-9H2,2H3. The van der Waals surface area contributed by atoms with Gasteiger partial charge in [-0.3, -0.25) is 4.90 Å². The van der Waals surface area contributed by atoms with Gasteiger partial charge < -0.3 is 5.32 Å². The van der Waals surface area contributed by atoms with Gasteiger partial charge in [0.1, 0.15) is 0 Å². The molecule has 0 aromatic heterocycles. The van der Waals surface area contributed by atoms with Crippen LogP contribution in [0, 0.1) is 0 Å². The molecule has 1 saturated heterocycles. The molecule has 1 heterocycles. The fourth-order valence-corrected chi connectivity index (χ4v) is 3.23. The topological polar surface area (TPSA) is 15.3 Å². The summed E-state index contributed by atoms with van der Waals surface area (Å²) >= 11 is 3.48. The first-order chi connectivity index (χ1) is 7.11. The third-order valence-corrected chi connectivity index (χ3v) is 4.09. The second kappa shape index (κ2) is 4.56. The number of nitrogens with zero attached hydrogens (tertiary/aromatic N) is 1. The van der Waals surface area contributed by atoms with Crippen molar-refractivity contribution in [3.05, 3.63) is 11.1 Å². The zero-order valence-corrected chi connectivity index (χ0v) is 11.1. The lowest BCUT2D eigenvalue weighted by atomic mass is 9.92. The van der Waals surface area contributed by atoms with Gasteiger partial charge in [-0.25, -0.2) is 0 Å². The van der Waals surface area contributed by atoms with Gasteiger partial charge in [-0.2, -0.15) is 0 Å². The van der Waals surface area contributed by atoms with Crippen LogP contribution < -0.4 is 5.32 Å². The monoisotopic (exact) mass is 272 g/mol. The molecular weight excluding hydrogens is 252 g/mol. The Balaban J connectivity index is 2.00. The van der Waals surface area contributed by atoms with Crippen molar-refractivity contribution in [3.8, 4) is 0 Å². The lowest BCUT2D eigenvalue weighted by molar-refractivity contribution is 0.1000. The molecule has 0 radical (unpaired) electrons. The Morgan fingerprint density at radius 1 is 1.53 bits per heavy atom. The highest BCUT2D eigenvalue weighted by atomic mass is 79.9. The van der Waals surface area contributed by atoms with Gasteiger partial charge in [0, 0.05) is 35.7 Å². The number of nitrogens with one attached hydrogen (secondary N) is 1. The maximum Gasteiger partial charge on any atom is 0.0309 e. The van der Waals surface area contributed by atoms with Crippen LogP contribution in [-0.4, -0.2) is 36.1 Å². The van der Waals surface area contributed by atoms with Gasteiger partial charge in [-0.05, 0) is 19.8 Å². The average molecular weight is 273 g/mol. The Kier molecular flexibility index (Phi) is 3.53. The number of hydrogen-bond acceptors (Lipinski definition) is 2. The van der Waals surface area contributed by atoms with Crippen molar-refractivity contribution in [1.82, 2.24) is 10.2 Å². The Morgan fingerprint density at radius 2 is 2.20 bits per heavy atom. The molecule has 1 saturated carbocycles. The first-order valence-electron chi connectivity index (χ1n) is 5.94. The van der Waals surface area contributed by atoms with Crippen molar-refractivity contribution in [2.75, 3.05) is 19.6 Å². The third-order valence-electron chi connectivity index (χ3n) is 3.84. The summed E-state index contributed by atoms with van der Waals surface area (Å²) in [7, 11) is 0. The van der Waals surface area contributed by atoms with Crippen molar-refractivity contribution >= 4 is 15.9 Å². The highest BCUT2D eigenvalue weighted by Gasteiger charge is 2.39. The van der Waals surface area contributed by atoms with E-state index < -0.39 is 0 Å². The maximum atomic E-state index is 3.95. The van der Waals surface area contributed by atoms with E-state index in [0.29, 0.717) is 11.6 Å². The molecular formula is C12H21BrN2. The SMILES string of the molecule is C=C(Br)CN1CC2(CCCC2)NCC1C. The Labute approximate surface area is 101 Å². The number of hydrogen-bond donors (Lipinski definition) is 1. The van der Waals surface area contributed by atoms with Crippen molar-refractivity contribution in [3.63, 3.8) is 0 Å². The van der Waals surface area contributed by atoms with Gasteiger partial charge in [0.15, 0.2) is 0 Å². The molecule has 2 fully saturated rings. The second-order valence-corrected chi connectivity index (χ2v) is 6.26. The second-order valence-electron chi connectivity index (χ2n) is 5.14. The maximum absolute atomic E-state index is 3.95.